The highest BCUT2D eigenvalue weighted by Gasteiger charge is 2.12. The van der Waals surface area contributed by atoms with E-state index in [0.717, 1.165) is 41.9 Å². The fourth-order valence-corrected chi connectivity index (χ4v) is 3.15. The van der Waals surface area contributed by atoms with Crippen molar-refractivity contribution in [2.45, 2.75) is 19.3 Å². The molecular weight excluding hydrogens is 464 g/mol. The summed E-state index contributed by atoms with van der Waals surface area (Å²) in [5, 5.41) is 0. The maximum absolute atomic E-state index is 12.4. The van der Waals surface area contributed by atoms with Crippen LogP contribution >= 0.6 is 0 Å². The number of esters is 2. The Morgan fingerprint density at radius 3 is 2.14 bits per heavy atom. The first-order valence-corrected chi connectivity index (χ1v) is 11.2. The minimum absolute atomic E-state index is 0.253. The molecule has 8 heteroatoms. The number of carbonyl (C=O) groups is 3. The molecule has 0 unspecified atom stereocenters. The van der Waals surface area contributed by atoms with E-state index in [1.807, 2.05) is 24.3 Å². The van der Waals surface area contributed by atoms with Gasteiger partial charge in [0.05, 0.1) is 24.5 Å². The van der Waals surface area contributed by atoms with Gasteiger partial charge in [0.15, 0.2) is 5.75 Å². The molecule has 0 atom stereocenters. The number of hydrogen-bond acceptors (Lipinski definition) is 8. The van der Waals surface area contributed by atoms with Gasteiger partial charge in [0.25, 0.3) is 0 Å². The molecule has 0 heterocycles. The minimum Gasteiger partial charge on any atom is -0.498 e. The zero-order chi connectivity index (χ0) is 25.8. The normalized spacial score (nSPS) is 12.3. The predicted octanol–water partition coefficient (Wildman–Crippen LogP) is 5.13. The summed E-state index contributed by atoms with van der Waals surface area (Å²) >= 11 is 0. The lowest BCUT2D eigenvalue weighted by Gasteiger charge is -2.16. The summed E-state index contributed by atoms with van der Waals surface area (Å²) in [6.45, 7) is 7.38. The summed E-state index contributed by atoms with van der Waals surface area (Å²) < 4.78 is 16.1. The third-order valence-electron chi connectivity index (χ3n) is 5.01. The van der Waals surface area contributed by atoms with E-state index in [9.17, 15) is 14.4 Å². The van der Waals surface area contributed by atoms with Gasteiger partial charge in [-0.1, -0.05) is 31.4 Å². The fraction of sp³-hybridized carbons (Fsp3) is 0.179. The first kappa shape index (κ1) is 26.0. The van der Waals surface area contributed by atoms with E-state index in [2.05, 4.69) is 18.0 Å². The summed E-state index contributed by atoms with van der Waals surface area (Å²) in [6.07, 6.45) is 8.24. The van der Waals surface area contributed by atoms with Gasteiger partial charge in [-0.15, -0.1) is 0 Å². The summed E-state index contributed by atoms with van der Waals surface area (Å²) in [5.74, 6) is -0.139. The van der Waals surface area contributed by atoms with E-state index >= 15 is 0 Å². The second-order valence-electron chi connectivity index (χ2n) is 7.53. The number of benzene rings is 2. The molecule has 36 heavy (non-hydrogen) atoms. The van der Waals surface area contributed by atoms with Crippen LogP contribution in [0.3, 0.4) is 0 Å². The van der Waals surface area contributed by atoms with E-state index in [-0.39, 0.29) is 5.75 Å². The SMILES string of the molecule is C=CC(=O)OCCCOC1=CC=C(c2ccc(OC(=O)c3ccc(OOC(=O)C=C)cc3)cc2)CC1. The molecule has 0 aliphatic heterocycles. The van der Waals surface area contributed by atoms with Crippen LogP contribution in [0.1, 0.15) is 35.2 Å². The van der Waals surface area contributed by atoms with Crippen molar-refractivity contribution >= 4 is 23.5 Å². The Morgan fingerprint density at radius 1 is 0.806 bits per heavy atom. The highest BCUT2D eigenvalue weighted by molar-refractivity contribution is 5.91. The molecule has 0 amide bonds. The molecule has 0 aromatic heterocycles. The molecule has 0 saturated heterocycles. The Hall–Kier alpha value is -4.59. The molecule has 3 rings (SSSR count). The average Bonchev–Trinajstić information content (AvgIpc) is 2.92. The molecule has 0 spiro atoms. The fourth-order valence-electron chi connectivity index (χ4n) is 3.15. The van der Waals surface area contributed by atoms with Crippen LogP contribution in [0.15, 0.2) is 91.8 Å². The zero-order valence-corrected chi connectivity index (χ0v) is 19.6. The highest BCUT2D eigenvalue weighted by atomic mass is 17.2. The summed E-state index contributed by atoms with van der Waals surface area (Å²) in [7, 11) is 0. The molecule has 0 saturated carbocycles. The smallest absolute Gasteiger partial charge is 0.378 e. The summed E-state index contributed by atoms with van der Waals surface area (Å²) in [5.41, 5.74) is 2.48. The van der Waals surface area contributed by atoms with Gasteiger partial charge < -0.3 is 14.2 Å². The molecule has 2 aromatic carbocycles. The van der Waals surface area contributed by atoms with Gasteiger partial charge in [-0.25, -0.2) is 19.3 Å². The lowest BCUT2D eigenvalue weighted by atomic mass is 9.96. The minimum atomic E-state index is -0.726. The van der Waals surface area contributed by atoms with E-state index in [0.29, 0.717) is 30.9 Å². The summed E-state index contributed by atoms with van der Waals surface area (Å²) in [6, 6.07) is 13.2. The Bertz CT molecular complexity index is 1160. The number of carbonyl (C=O) groups excluding carboxylic acids is 3. The van der Waals surface area contributed by atoms with Gasteiger partial charge >= 0.3 is 17.9 Å². The maximum Gasteiger partial charge on any atom is 0.378 e. The van der Waals surface area contributed by atoms with Crippen molar-refractivity contribution in [1.82, 2.24) is 0 Å². The molecule has 1 aliphatic carbocycles. The van der Waals surface area contributed by atoms with Crippen LogP contribution < -0.4 is 9.62 Å². The Balaban J connectivity index is 1.47. The topological polar surface area (TPSA) is 97.4 Å². The van der Waals surface area contributed by atoms with Crippen molar-refractivity contribution in [2.24, 2.45) is 0 Å². The highest BCUT2D eigenvalue weighted by Crippen LogP contribution is 2.28. The Kier molecular flexibility index (Phi) is 9.64. The van der Waals surface area contributed by atoms with Crippen molar-refractivity contribution in [3.8, 4) is 11.5 Å². The quantitative estimate of drug-likeness (QED) is 0.101. The molecule has 2 aromatic rings. The van der Waals surface area contributed by atoms with Crippen LogP contribution in [0.2, 0.25) is 0 Å². The lowest BCUT2D eigenvalue weighted by Crippen LogP contribution is -2.09. The maximum atomic E-state index is 12.4. The summed E-state index contributed by atoms with van der Waals surface area (Å²) in [4.78, 5) is 43.7. The molecule has 0 N–H and O–H groups in total. The number of hydrogen-bond donors (Lipinski definition) is 0. The van der Waals surface area contributed by atoms with Crippen LogP contribution in [0.4, 0.5) is 0 Å². The van der Waals surface area contributed by atoms with Crippen molar-refractivity contribution in [3.63, 3.8) is 0 Å². The number of allylic oxidation sites excluding steroid dienone is 4. The molecule has 8 nitrogen and oxygen atoms in total. The molecule has 0 radical (unpaired) electrons. The van der Waals surface area contributed by atoms with Gasteiger partial charge in [0.2, 0.25) is 0 Å². The second kappa shape index (κ2) is 13.3. The van der Waals surface area contributed by atoms with Crippen molar-refractivity contribution < 1.29 is 38.4 Å². The predicted molar refractivity (Wildman–Crippen MR) is 132 cm³/mol. The van der Waals surface area contributed by atoms with Gasteiger partial charge in [-0.2, -0.15) is 0 Å². The molecule has 0 fully saturated rings. The molecular formula is C28H26O8. The van der Waals surface area contributed by atoms with Crippen molar-refractivity contribution in [3.05, 3.63) is 103 Å². The van der Waals surface area contributed by atoms with Crippen LogP contribution in [-0.2, 0) is 24.0 Å². The standard InChI is InChI=1S/C28H26O8/c1-3-26(29)33-19-5-18-32-23-12-6-20(7-13-23)21-8-14-24(15-9-21)34-28(31)22-10-16-25(17-11-22)35-36-27(30)4-2/h3-4,6,8-12,14-17H,1-2,5,7,13,18-19H2. The van der Waals surface area contributed by atoms with Crippen molar-refractivity contribution in [2.75, 3.05) is 13.2 Å². The zero-order valence-electron chi connectivity index (χ0n) is 19.6. The van der Waals surface area contributed by atoms with Gasteiger partial charge in [-0.3, -0.25) is 4.89 Å². The second-order valence-corrected chi connectivity index (χ2v) is 7.53. The van der Waals surface area contributed by atoms with Crippen LogP contribution in [0.25, 0.3) is 5.57 Å². The van der Waals surface area contributed by atoms with E-state index in [1.54, 1.807) is 12.1 Å². The van der Waals surface area contributed by atoms with E-state index in [1.165, 1.54) is 24.3 Å². The Morgan fingerprint density at radius 2 is 1.50 bits per heavy atom. The Labute approximate surface area is 209 Å². The molecule has 1 aliphatic rings. The van der Waals surface area contributed by atoms with E-state index in [4.69, 9.17) is 19.1 Å². The van der Waals surface area contributed by atoms with Crippen LogP contribution in [0, 0.1) is 0 Å². The average molecular weight is 491 g/mol. The molecule has 186 valence electrons. The van der Waals surface area contributed by atoms with Gasteiger partial charge in [0.1, 0.15) is 5.75 Å². The third kappa shape index (κ3) is 8.02. The van der Waals surface area contributed by atoms with Crippen LogP contribution in [0.5, 0.6) is 11.5 Å². The monoisotopic (exact) mass is 490 g/mol. The number of ether oxygens (including phenoxy) is 3. The van der Waals surface area contributed by atoms with Gasteiger partial charge in [0, 0.05) is 25.0 Å². The lowest BCUT2D eigenvalue weighted by molar-refractivity contribution is -0.207. The molecule has 0 bridgehead atoms. The number of rotatable bonds is 12. The first-order chi connectivity index (χ1) is 17.5. The first-order valence-electron chi connectivity index (χ1n) is 11.2. The third-order valence-corrected chi connectivity index (χ3v) is 5.01. The van der Waals surface area contributed by atoms with Crippen LogP contribution in [-0.4, -0.2) is 31.1 Å². The largest absolute Gasteiger partial charge is 0.498 e. The van der Waals surface area contributed by atoms with E-state index < -0.39 is 17.9 Å². The van der Waals surface area contributed by atoms with Gasteiger partial charge in [-0.05, 0) is 60.0 Å². The van der Waals surface area contributed by atoms with Crippen molar-refractivity contribution in [1.29, 1.82) is 0 Å².